The lowest BCUT2D eigenvalue weighted by molar-refractivity contribution is 0.0958. The third-order valence-electron chi connectivity index (χ3n) is 5.90. The van der Waals surface area contributed by atoms with Gasteiger partial charge in [0.15, 0.2) is 0 Å². The van der Waals surface area contributed by atoms with E-state index in [0.29, 0.717) is 33.7 Å². The quantitative estimate of drug-likeness (QED) is 0.214. The van der Waals surface area contributed by atoms with E-state index in [0.717, 1.165) is 17.1 Å². The minimum Gasteiger partial charge on any atom is -0.457 e. The van der Waals surface area contributed by atoms with Crippen molar-refractivity contribution in [3.05, 3.63) is 88.8 Å². The van der Waals surface area contributed by atoms with Crippen LogP contribution in [-0.4, -0.2) is 32.7 Å². The Morgan fingerprint density at radius 1 is 1.03 bits per heavy atom. The summed E-state index contributed by atoms with van der Waals surface area (Å²) in [6.07, 6.45) is 1.48. The number of pyridine rings is 1. The summed E-state index contributed by atoms with van der Waals surface area (Å²) < 4.78 is 35.3. The van der Waals surface area contributed by atoms with E-state index in [-0.39, 0.29) is 22.7 Å². The molecule has 200 valence electrons. The molecule has 0 spiro atoms. The predicted octanol–water partition coefficient (Wildman–Crippen LogP) is 6.87. The number of aromatic nitrogens is 4. The number of hydrogen-bond donors (Lipinski definition) is 3. The molecule has 39 heavy (non-hydrogen) atoms. The van der Waals surface area contributed by atoms with Gasteiger partial charge in [-0.3, -0.25) is 9.78 Å². The number of nitrogens with one attached hydrogen (secondary N) is 3. The molecule has 0 bridgehead atoms. The largest absolute Gasteiger partial charge is 0.457 e. The molecule has 11 heteroatoms. The standard InChI is InChI=1S/C28H25ClF2N6O2/c1-28(2,3)25-20-14-24(35-26(20)37(36-25)17-10-15(30)9-16(31)11-17)34-22-6-5-18(12-21(22)29)39-19-7-8-33-23(13-19)27(38)32-4/h5-14,34-35H,1-4H3,(H,32,38). The number of hydrogen-bond acceptors (Lipinski definition) is 5. The first kappa shape index (κ1) is 26.2. The van der Waals surface area contributed by atoms with Gasteiger partial charge in [0.25, 0.3) is 5.91 Å². The summed E-state index contributed by atoms with van der Waals surface area (Å²) >= 11 is 6.55. The number of carbonyl (C=O) groups is 1. The smallest absolute Gasteiger partial charge is 0.269 e. The van der Waals surface area contributed by atoms with Crippen molar-refractivity contribution in [2.24, 2.45) is 0 Å². The number of H-pyrrole nitrogens is 1. The maximum absolute atomic E-state index is 14.0. The maximum atomic E-state index is 14.0. The maximum Gasteiger partial charge on any atom is 0.269 e. The molecule has 3 heterocycles. The van der Waals surface area contributed by atoms with E-state index in [2.05, 4.69) is 25.7 Å². The molecule has 2 aromatic carbocycles. The van der Waals surface area contributed by atoms with Gasteiger partial charge in [0.2, 0.25) is 0 Å². The molecule has 0 fully saturated rings. The van der Waals surface area contributed by atoms with Crippen LogP contribution in [0.1, 0.15) is 37.0 Å². The van der Waals surface area contributed by atoms with Crippen molar-refractivity contribution in [2.75, 3.05) is 12.4 Å². The lowest BCUT2D eigenvalue weighted by Gasteiger charge is -2.15. The summed E-state index contributed by atoms with van der Waals surface area (Å²) in [5.41, 5.74) is 2.09. The first-order valence-electron chi connectivity index (χ1n) is 12.0. The number of aromatic amines is 1. The predicted molar refractivity (Wildman–Crippen MR) is 146 cm³/mol. The summed E-state index contributed by atoms with van der Waals surface area (Å²) in [6, 6.07) is 13.5. The monoisotopic (exact) mass is 550 g/mol. The fourth-order valence-electron chi connectivity index (χ4n) is 4.13. The average molecular weight is 551 g/mol. The van der Waals surface area contributed by atoms with Crippen molar-refractivity contribution < 1.29 is 18.3 Å². The Bertz CT molecular complexity index is 1690. The number of ether oxygens (including phenoxy) is 1. The molecule has 0 aliphatic carbocycles. The van der Waals surface area contributed by atoms with Crippen LogP contribution in [0.25, 0.3) is 16.7 Å². The van der Waals surface area contributed by atoms with E-state index < -0.39 is 11.6 Å². The summed E-state index contributed by atoms with van der Waals surface area (Å²) in [5.74, 6) is -0.197. The molecular weight excluding hydrogens is 526 g/mol. The molecule has 0 aliphatic rings. The first-order chi connectivity index (χ1) is 18.5. The summed E-state index contributed by atoms with van der Waals surface area (Å²) in [7, 11) is 1.53. The molecule has 3 N–H and O–H groups in total. The van der Waals surface area contributed by atoms with Gasteiger partial charge in [-0.2, -0.15) is 5.10 Å². The highest BCUT2D eigenvalue weighted by atomic mass is 35.5. The fraction of sp³-hybridized carbons (Fsp3) is 0.179. The zero-order chi connectivity index (χ0) is 27.9. The number of amides is 1. The molecule has 5 rings (SSSR count). The van der Waals surface area contributed by atoms with Crippen LogP contribution in [0.3, 0.4) is 0 Å². The minimum absolute atomic E-state index is 0.229. The molecular formula is C28H25ClF2N6O2. The summed E-state index contributed by atoms with van der Waals surface area (Å²) in [6.45, 7) is 6.05. The average Bonchev–Trinajstić information content (AvgIpc) is 3.43. The van der Waals surface area contributed by atoms with Crippen molar-refractivity contribution in [2.45, 2.75) is 26.2 Å². The number of fused-ring (bicyclic) bond motifs is 1. The number of nitrogens with zero attached hydrogens (tertiary/aromatic N) is 3. The van der Waals surface area contributed by atoms with Gasteiger partial charge in [0.1, 0.15) is 40.3 Å². The number of halogens is 3. The van der Waals surface area contributed by atoms with Crippen molar-refractivity contribution in [1.82, 2.24) is 25.1 Å². The van der Waals surface area contributed by atoms with Crippen LogP contribution >= 0.6 is 11.6 Å². The molecule has 8 nitrogen and oxygen atoms in total. The SMILES string of the molecule is CNC(=O)c1cc(Oc2ccc(Nc3cc4c(C(C)(C)C)nn(-c5cc(F)cc(F)c5)c4[nH]3)c(Cl)c2)ccn1. The Kier molecular flexibility index (Phi) is 6.73. The molecule has 5 aromatic rings. The molecule has 1 amide bonds. The number of carbonyl (C=O) groups excluding carboxylic acids is 1. The number of benzene rings is 2. The second-order valence-electron chi connectivity index (χ2n) is 9.91. The van der Waals surface area contributed by atoms with Crippen LogP contribution in [0.15, 0.2) is 60.8 Å². The van der Waals surface area contributed by atoms with Crippen LogP contribution in [0.5, 0.6) is 11.5 Å². The van der Waals surface area contributed by atoms with E-state index in [1.165, 1.54) is 36.1 Å². The van der Waals surface area contributed by atoms with E-state index in [1.807, 2.05) is 26.8 Å². The van der Waals surface area contributed by atoms with Crippen molar-refractivity contribution in [1.29, 1.82) is 0 Å². The van der Waals surface area contributed by atoms with Crippen molar-refractivity contribution >= 4 is 40.0 Å². The number of anilines is 2. The van der Waals surface area contributed by atoms with Crippen LogP contribution in [-0.2, 0) is 5.41 Å². The van der Waals surface area contributed by atoms with Gasteiger partial charge < -0.3 is 20.4 Å². The summed E-state index contributed by atoms with van der Waals surface area (Å²) in [5, 5.41) is 11.6. The summed E-state index contributed by atoms with van der Waals surface area (Å²) in [4.78, 5) is 19.1. The van der Waals surface area contributed by atoms with Crippen LogP contribution in [0.2, 0.25) is 5.02 Å². The van der Waals surface area contributed by atoms with Crippen molar-refractivity contribution in [3.8, 4) is 17.2 Å². The molecule has 0 saturated heterocycles. The second kappa shape index (κ2) is 10.0. The van der Waals surface area contributed by atoms with E-state index >= 15 is 0 Å². The van der Waals surface area contributed by atoms with E-state index in [9.17, 15) is 13.6 Å². The third-order valence-corrected chi connectivity index (χ3v) is 6.22. The Balaban J connectivity index is 1.45. The Morgan fingerprint density at radius 2 is 1.74 bits per heavy atom. The molecule has 0 saturated carbocycles. The van der Waals surface area contributed by atoms with Crippen LogP contribution < -0.4 is 15.4 Å². The van der Waals surface area contributed by atoms with Crippen LogP contribution in [0, 0.1) is 11.6 Å². The Hall–Kier alpha value is -4.44. The molecule has 0 aliphatic heterocycles. The molecule has 0 atom stereocenters. The van der Waals surface area contributed by atoms with E-state index in [4.69, 9.17) is 16.3 Å². The molecule has 0 unspecified atom stereocenters. The first-order valence-corrected chi connectivity index (χ1v) is 12.4. The van der Waals surface area contributed by atoms with Gasteiger partial charge in [-0.1, -0.05) is 32.4 Å². The Morgan fingerprint density at radius 3 is 2.41 bits per heavy atom. The highest BCUT2D eigenvalue weighted by Crippen LogP contribution is 2.36. The lowest BCUT2D eigenvalue weighted by atomic mass is 9.91. The lowest BCUT2D eigenvalue weighted by Crippen LogP contribution is -2.18. The second-order valence-corrected chi connectivity index (χ2v) is 10.3. The number of rotatable bonds is 6. The van der Waals surface area contributed by atoms with Gasteiger partial charge in [0, 0.05) is 42.2 Å². The minimum atomic E-state index is -0.693. The molecule has 3 aromatic heterocycles. The molecule has 0 radical (unpaired) electrons. The van der Waals surface area contributed by atoms with Crippen molar-refractivity contribution in [3.63, 3.8) is 0 Å². The third kappa shape index (κ3) is 5.42. The highest BCUT2D eigenvalue weighted by molar-refractivity contribution is 6.33. The zero-order valence-corrected chi connectivity index (χ0v) is 22.3. The topological polar surface area (TPSA) is 96.9 Å². The normalized spacial score (nSPS) is 11.6. The zero-order valence-electron chi connectivity index (χ0n) is 21.6. The van der Waals surface area contributed by atoms with Gasteiger partial charge in [-0.05, 0) is 36.4 Å². The van der Waals surface area contributed by atoms with E-state index in [1.54, 1.807) is 24.3 Å². The van der Waals surface area contributed by atoms with Gasteiger partial charge in [0.05, 0.1) is 22.1 Å². The van der Waals surface area contributed by atoms with Gasteiger partial charge >= 0.3 is 0 Å². The fourth-order valence-corrected chi connectivity index (χ4v) is 4.35. The van der Waals surface area contributed by atoms with Gasteiger partial charge in [-0.25, -0.2) is 13.5 Å². The highest BCUT2D eigenvalue weighted by Gasteiger charge is 2.25. The van der Waals surface area contributed by atoms with Gasteiger partial charge in [-0.15, -0.1) is 0 Å². The van der Waals surface area contributed by atoms with Crippen LogP contribution in [0.4, 0.5) is 20.3 Å². The Labute approximate surface area is 228 Å².